The molecule has 0 fully saturated rings. The number of anilines is 1. The number of carbonyl (C=O) groups is 1. The summed E-state index contributed by atoms with van der Waals surface area (Å²) in [6.45, 7) is -0.211. The molecule has 1 N–H and O–H groups in total. The first-order valence-electron chi connectivity index (χ1n) is 8.37. The average Bonchev–Trinajstić information content (AvgIpc) is 2.99. The van der Waals surface area contributed by atoms with Crippen LogP contribution in [-0.2, 0) is 24.2 Å². The van der Waals surface area contributed by atoms with E-state index in [4.69, 9.17) is 11.6 Å². The molecular formula is C18H16ClFN4O2. The van der Waals surface area contributed by atoms with Gasteiger partial charge in [0.05, 0.1) is 11.4 Å². The minimum Gasteiger partial charge on any atom is -0.322 e. The van der Waals surface area contributed by atoms with Crippen molar-refractivity contribution < 1.29 is 9.18 Å². The normalized spacial score (nSPS) is 13.6. The van der Waals surface area contributed by atoms with Gasteiger partial charge < -0.3 is 9.88 Å². The van der Waals surface area contributed by atoms with Crippen LogP contribution >= 0.6 is 11.6 Å². The van der Waals surface area contributed by atoms with Crippen LogP contribution in [0.25, 0.3) is 5.52 Å². The Balaban J connectivity index is 1.61. The number of halogens is 2. The van der Waals surface area contributed by atoms with Crippen LogP contribution in [0.1, 0.15) is 24.1 Å². The monoisotopic (exact) mass is 374 g/mol. The zero-order valence-electron chi connectivity index (χ0n) is 13.8. The van der Waals surface area contributed by atoms with Crippen molar-refractivity contribution >= 4 is 28.7 Å². The Hall–Kier alpha value is -2.67. The molecule has 1 amide bonds. The van der Waals surface area contributed by atoms with Gasteiger partial charge in [-0.2, -0.15) is 5.10 Å². The SMILES string of the molecule is O=C(Cn1ccn2nc3c(c2c1=O)CCCC3)Nc1ccc(Cl)cc1F. The summed E-state index contributed by atoms with van der Waals surface area (Å²) < 4.78 is 16.7. The van der Waals surface area contributed by atoms with E-state index in [1.165, 1.54) is 22.9 Å². The Kier molecular flexibility index (Phi) is 4.24. The first-order valence-corrected chi connectivity index (χ1v) is 8.75. The Morgan fingerprint density at radius 2 is 2.08 bits per heavy atom. The summed E-state index contributed by atoms with van der Waals surface area (Å²) in [4.78, 5) is 25.0. The Labute approximate surface area is 153 Å². The summed E-state index contributed by atoms with van der Waals surface area (Å²) in [6.07, 6.45) is 6.98. The summed E-state index contributed by atoms with van der Waals surface area (Å²) in [5.74, 6) is -1.12. The molecule has 26 heavy (non-hydrogen) atoms. The fraction of sp³-hybridized carbons (Fsp3) is 0.278. The van der Waals surface area contributed by atoms with Gasteiger partial charge >= 0.3 is 0 Å². The Morgan fingerprint density at radius 3 is 2.88 bits per heavy atom. The van der Waals surface area contributed by atoms with E-state index in [2.05, 4.69) is 10.4 Å². The minimum atomic E-state index is -0.626. The second-order valence-corrected chi connectivity index (χ2v) is 6.77. The van der Waals surface area contributed by atoms with Crippen molar-refractivity contribution in [1.82, 2.24) is 14.2 Å². The van der Waals surface area contributed by atoms with E-state index < -0.39 is 11.7 Å². The number of amides is 1. The third-order valence-corrected chi connectivity index (χ3v) is 4.79. The molecule has 1 aliphatic carbocycles. The molecule has 2 aromatic heterocycles. The second kappa shape index (κ2) is 6.57. The minimum absolute atomic E-state index is 0.0234. The molecule has 0 spiro atoms. The van der Waals surface area contributed by atoms with Crippen molar-refractivity contribution in [3.8, 4) is 0 Å². The number of aryl methyl sites for hydroxylation is 2. The van der Waals surface area contributed by atoms with E-state index in [1.54, 1.807) is 10.7 Å². The van der Waals surface area contributed by atoms with Crippen molar-refractivity contribution in [2.75, 3.05) is 5.32 Å². The number of nitrogens with one attached hydrogen (secondary N) is 1. The average molecular weight is 375 g/mol. The van der Waals surface area contributed by atoms with E-state index >= 15 is 0 Å². The van der Waals surface area contributed by atoms with Gasteiger partial charge in [0.25, 0.3) is 5.56 Å². The second-order valence-electron chi connectivity index (χ2n) is 6.33. The Morgan fingerprint density at radius 1 is 1.27 bits per heavy atom. The maximum Gasteiger partial charge on any atom is 0.277 e. The summed E-state index contributed by atoms with van der Waals surface area (Å²) in [6, 6.07) is 3.99. The van der Waals surface area contributed by atoms with Crippen molar-refractivity contribution in [3.05, 3.63) is 63.0 Å². The highest BCUT2D eigenvalue weighted by molar-refractivity contribution is 6.30. The first kappa shape index (κ1) is 16.8. The van der Waals surface area contributed by atoms with Gasteiger partial charge in [0.1, 0.15) is 17.9 Å². The molecule has 0 atom stereocenters. The zero-order valence-corrected chi connectivity index (χ0v) is 14.6. The van der Waals surface area contributed by atoms with Gasteiger partial charge in [0, 0.05) is 23.0 Å². The molecule has 0 saturated heterocycles. The van der Waals surface area contributed by atoms with Gasteiger partial charge in [-0.25, -0.2) is 8.91 Å². The number of benzene rings is 1. The van der Waals surface area contributed by atoms with E-state index in [0.717, 1.165) is 43.0 Å². The topological polar surface area (TPSA) is 68.4 Å². The highest BCUT2D eigenvalue weighted by Gasteiger charge is 2.20. The Bertz CT molecular complexity index is 1070. The van der Waals surface area contributed by atoms with Crippen LogP contribution in [0, 0.1) is 5.82 Å². The molecule has 8 heteroatoms. The number of aromatic nitrogens is 3. The van der Waals surface area contributed by atoms with E-state index in [1.807, 2.05) is 0 Å². The van der Waals surface area contributed by atoms with E-state index in [0.29, 0.717) is 5.52 Å². The predicted molar refractivity (Wildman–Crippen MR) is 96.1 cm³/mol. The highest BCUT2D eigenvalue weighted by atomic mass is 35.5. The molecule has 0 bridgehead atoms. The van der Waals surface area contributed by atoms with Crippen molar-refractivity contribution in [3.63, 3.8) is 0 Å². The lowest BCUT2D eigenvalue weighted by atomic mass is 9.97. The molecule has 2 heterocycles. The smallest absolute Gasteiger partial charge is 0.277 e. The molecule has 0 aliphatic heterocycles. The lowest BCUT2D eigenvalue weighted by molar-refractivity contribution is -0.116. The number of nitrogens with zero attached hydrogens (tertiary/aromatic N) is 3. The summed E-state index contributed by atoms with van der Waals surface area (Å²) >= 11 is 5.70. The molecule has 0 radical (unpaired) electrons. The van der Waals surface area contributed by atoms with Crippen LogP contribution in [-0.4, -0.2) is 20.1 Å². The lowest BCUT2D eigenvalue weighted by Crippen LogP contribution is -2.28. The van der Waals surface area contributed by atoms with Crippen LogP contribution in [0.4, 0.5) is 10.1 Å². The number of fused-ring (bicyclic) bond motifs is 3. The summed E-state index contributed by atoms with van der Waals surface area (Å²) in [5.41, 5.74) is 2.20. The largest absolute Gasteiger partial charge is 0.322 e. The number of carbonyl (C=O) groups excluding carboxylic acids is 1. The maximum atomic E-state index is 13.8. The molecule has 1 aliphatic rings. The molecule has 4 rings (SSSR count). The van der Waals surface area contributed by atoms with E-state index in [-0.39, 0.29) is 22.8 Å². The molecule has 3 aromatic rings. The lowest BCUT2D eigenvalue weighted by Gasteiger charge is -2.10. The number of rotatable bonds is 3. The molecule has 0 unspecified atom stereocenters. The quantitative estimate of drug-likeness (QED) is 0.766. The summed E-state index contributed by atoms with van der Waals surface area (Å²) in [7, 11) is 0. The first-order chi connectivity index (χ1) is 12.5. The van der Waals surface area contributed by atoms with Gasteiger partial charge in [0.2, 0.25) is 5.91 Å². The van der Waals surface area contributed by atoms with Gasteiger partial charge in [0.15, 0.2) is 0 Å². The van der Waals surface area contributed by atoms with Gasteiger partial charge in [-0.05, 0) is 43.9 Å². The fourth-order valence-electron chi connectivity index (χ4n) is 3.32. The van der Waals surface area contributed by atoms with Gasteiger partial charge in [-0.1, -0.05) is 11.6 Å². The fourth-order valence-corrected chi connectivity index (χ4v) is 3.47. The van der Waals surface area contributed by atoms with Crippen LogP contribution < -0.4 is 10.9 Å². The van der Waals surface area contributed by atoms with Crippen LogP contribution in [0.15, 0.2) is 35.4 Å². The van der Waals surface area contributed by atoms with Crippen LogP contribution in [0.2, 0.25) is 5.02 Å². The third-order valence-electron chi connectivity index (χ3n) is 4.55. The molecular weight excluding hydrogens is 359 g/mol. The van der Waals surface area contributed by atoms with Crippen LogP contribution in [0.3, 0.4) is 0 Å². The van der Waals surface area contributed by atoms with Crippen molar-refractivity contribution in [2.24, 2.45) is 0 Å². The van der Waals surface area contributed by atoms with Crippen LogP contribution in [0.5, 0.6) is 0 Å². The van der Waals surface area contributed by atoms with E-state index in [9.17, 15) is 14.0 Å². The van der Waals surface area contributed by atoms with Crippen molar-refractivity contribution in [1.29, 1.82) is 0 Å². The third kappa shape index (κ3) is 2.99. The number of hydrogen-bond acceptors (Lipinski definition) is 3. The predicted octanol–water partition coefficient (Wildman–Crippen LogP) is 2.81. The molecule has 1 aromatic carbocycles. The van der Waals surface area contributed by atoms with Gasteiger partial charge in [-0.3, -0.25) is 9.59 Å². The standard InChI is InChI=1S/C18H16ClFN4O2/c19-11-5-6-15(13(20)9-11)21-16(25)10-23-7-8-24-17(18(23)26)12-3-1-2-4-14(12)22-24/h5-9H,1-4,10H2,(H,21,25). The van der Waals surface area contributed by atoms with Crippen molar-refractivity contribution in [2.45, 2.75) is 32.2 Å². The number of hydrogen-bond donors (Lipinski definition) is 1. The summed E-state index contributed by atoms with van der Waals surface area (Å²) in [5, 5.41) is 7.17. The highest BCUT2D eigenvalue weighted by Crippen LogP contribution is 2.22. The maximum absolute atomic E-state index is 13.8. The molecule has 0 saturated carbocycles. The van der Waals surface area contributed by atoms with Gasteiger partial charge in [-0.15, -0.1) is 0 Å². The molecule has 134 valence electrons. The molecule has 6 nitrogen and oxygen atoms in total. The zero-order chi connectivity index (χ0) is 18.3.